The topological polar surface area (TPSA) is 17.1 Å². The van der Waals surface area contributed by atoms with Gasteiger partial charge in [-0.15, -0.1) is 0 Å². The van der Waals surface area contributed by atoms with Crippen LogP contribution in [0, 0.1) is 13.8 Å². The molecule has 1 nitrogen and oxygen atoms in total. The van der Waals surface area contributed by atoms with E-state index in [2.05, 4.69) is 0 Å². The van der Waals surface area contributed by atoms with E-state index in [9.17, 15) is 4.79 Å². The third kappa shape index (κ3) is 2.80. The number of Topliss-reactive ketones (excluding diaryl/α,β-unsaturated/α-hetero) is 1. The molecule has 0 saturated heterocycles. The van der Waals surface area contributed by atoms with E-state index in [1.54, 1.807) is 0 Å². The predicted octanol–water partition coefficient (Wildman–Crippen LogP) is 4.38. The van der Waals surface area contributed by atoms with Crippen LogP contribution in [0.15, 0.2) is 42.5 Å². The number of benzene rings is 2. The SMILES string of the molecule is Cc1cc(C(=O)Cc2ccccc2)cc(C)c1Cl. The van der Waals surface area contributed by atoms with Crippen molar-refractivity contribution in [3.8, 4) is 0 Å². The summed E-state index contributed by atoms with van der Waals surface area (Å²) in [5, 5.41) is 0.742. The van der Waals surface area contributed by atoms with Crippen LogP contribution < -0.4 is 0 Å². The van der Waals surface area contributed by atoms with E-state index in [4.69, 9.17) is 11.6 Å². The fourth-order valence-corrected chi connectivity index (χ4v) is 2.10. The van der Waals surface area contributed by atoms with Crippen LogP contribution in [0.5, 0.6) is 0 Å². The molecule has 0 aromatic heterocycles. The smallest absolute Gasteiger partial charge is 0.167 e. The zero-order valence-electron chi connectivity index (χ0n) is 10.5. The third-order valence-corrected chi connectivity index (χ3v) is 3.56. The molecule has 0 aliphatic carbocycles. The monoisotopic (exact) mass is 258 g/mol. The highest BCUT2D eigenvalue weighted by Gasteiger charge is 2.10. The lowest BCUT2D eigenvalue weighted by atomic mass is 9.99. The number of rotatable bonds is 3. The number of aryl methyl sites for hydroxylation is 2. The summed E-state index contributed by atoms with van der Waals surface area (Å²) in [5.41, 5.74) is 3.67. The van der Waals surface area contributed by atoms with E-state index in [0.717, 1.165) is 27.3 Å². The Hall–Kier alpha value is -1.60. The van der Waals surface area contributed by atoms with Gasteiger partial charge in [0.05, 0.1) is 0 Å². The van der Waals surface area contributed by atoms with Crippen LogP contribution in [-0.2, 0) is 6.42 Å². The molecule has 0 atom stereocenters. The maximum absolute atomic E-state index is 12.2. The van der Waals surface area contributed by atoms with Gasteiger partial charge in [0, 0.05) is 17.0 Å². The van der Waals surface area contributed by atoms with Gasteiger partial charge < -0.3 is 0 Å². The van der Waals surface area contributed by atoms with Gasteiger partial charge in [-0.1, -0.05) is 41.9 Å². The number of hydrogen-bond donors (Lipinski definition) is 0. The second-order valence-corrected chi connectivity index (χ2v) is 4.89. The van der Waals surface area contributed by atoms with Gasteiger partial charge in [-0.2, -0.15) is 0 Å². The van der Waals surface area contributed by atoms with E-state index < -0.39 is 0 Å². The van der Waals surface area contributed by atoms with Gasteiger partial charge in [0.15, 0.2) is 5.78 Å². The van der Waals surface area contributed by atoms with Gasteiger partial charge >= 0.3 is 0 Å². The summed E-state index contributed by atoms with van der Waals surface area (Å²) in [6, 6.07) is 13.5. The highest BCUT2D eigenvalue weighted by Crippen LogP contribution is 2.22. The van der Waals surface area contributed by atoms with Crippen molar-refractivity contribution in [3.63, 3.8) is 0 Å². The molecule has 0 aliphatic rings. The zero-order chi connectivity index (χ0) is 13.1. The molecule has 2 aromatic rings. The van der Waals surface area contributed by atoms with Crippen LogP contribution in [0.4, 0.5) is 0 Å². The molecular formula is C16H15ClO. The lowest BCUT2D eigenvalue weighted by molar-refractivity contribution is 0.0993. The first kappa shape index (κ1) is 12.8. The van der Waals surface area contributed by atoms with Crippen molar-refractivity contribution in [1.29, 1.82) is 0 Å². The molecule has 0 spiro atoms. The first-order valence-electron chi connectivity index (χ1n) is 5.92. The van der Waals surface area contributed by atoms with Crippen molar-refractivity contribution < 1.29 is 4.79 Å². The molecule has 0 radical (unpaired) electrons. The summed E-state index contributed by atoms with van der Waals surface area (Å²) >= 11 is 6.10. The Labute approximate surface area is 112 Å². The lowest BCUT2D eigenvalue weighted by Gasteiger charge is -2.07. The van der Waals surface area contributed by atoms with Gasteiger partial charge in [-0.05, 0) is 42.7 Å². The molecule has 0 fully saturated rings. The maximum Gasteiger partial charge on any atom is 0.167 e. The fourth-order valence-electron chi connectivity index (χ4n) is 1.99. The Kier molecular flexibility index (Phi) is 3.83. The van der Waals surface area contributed by atoms with E-state index in [0.29, 0.717) is 6.42 Å². The average molecular weight is 259 g/mol. The molecule has 0 amide bonds. The second kappa shape index (κ2) is 5.36. The summed E-state index contributed by atoms with van der Waals surface area (Å²) < 4.78 is 0. The van der Waals surface area contributed by atoms with Crippen LogP contribution in [0.25, 0.3) is 0 Å². The van der Waals surface area contributed by atoms with E-state index in [1.807, 2.05) is 56.3 Å². The number of carbonyl (C=O) groups is 1. The van der Waals surface area contributed by atoms with Crippen molar-refractivity contribution in [2.45, 2.75) is 20.3 Å². The Bertz CT molecular complexity index is 550. The van der Waals surface area contributed by atoms with E-state index >= 15 is 0 Å². The molecule has 0 N–H and O–H groups in total. The summed E-state index contributed by atoms with van der Waals surface area (Å²) in [6.07, 6.45) is 0.432. The molecule has 0 heterocycles. The van der Waals surface area contributed by atoms with Crippen LogP contribution >= 0.6 is 11.6 Å². The van der Waals surface area contributed by atoms with Crippen LogP contribution in [0.3, 0.4) is 0 Å². The van der Waals surface area contributed by atoms with Gasteiger partial charge in [0.25, 0.3) is 0 Å². The van der Waals surface area contributed by atoms with Crippen molar-refractivity contribution in [2.75, 3.05) is 0 Å². The second-order valence-electron chi connectivity index (χ2n) is 4.51. The predicted molar refractivity (Wildman–Crippen MR) is 75.4 cm³/mol. The van der Waals surface area contributed by atoms with Gasteiger partial charge in [-0.3, -0.25) is 4.79 Å². The minimum Gasteiger partial charge on any atom is -0.294 e. The quantitative estimate of drug-likeness (QED) is 0.747. The molecule has 0 aliphatic heterocycles. The fraction of sp³-hybridized carbons (Fsp3) is 0.188. The first-order chi connectivity index (χ1) is 8.58. The third-order valence-electron chi connectivity index (χ3n) is 2.97. The number of hydrogen-bond acceptors (Lipinski definition) is 1. The average Bonchev–Trinajstić information content (AvgIpc) is 2.36. The van der Waals surface area contributed by atoms with Crippen LogP contribution in [-0.4, -0.2) is 5.78 Å². The minimum absolute atomic E-state index is 0.129. The standard InChI is InChI=1S/C16H15ClO/c1-11-8-14(9-12(2)16(11)17)15(18)10-13-6-4-3-5-7-13/h3-9H,10H2,1-2H3. The summed E-state index contributed by atoms with van der Waals surface area (Å²) in [7, 11) is 0. The number of carbonyl (C=O) groups excluding carboxylic acids is 1. The Morgan fingerprint density at radius 1 is 1.06 bits per heavy atom. The molecule has 2 heteroatoms. The molecule has 0 bridgehead atoms. The van der Waals surface area contributed by atoms with Crippen LogP contribution in [0.1, 0.15) is 27.0 Å². The Morgan fingerprint density at radius 3 is 2.17 bits per heavy atom. The zero-order valence-corrected chi connectivity index (χ0v) is 11.3. The highest BCUT2D eigenvalue weighted by molar-refractivity contribution is 6.32. The Balaban J connectivity index is 2.25. The molecule has 2 aromatic carbocycles. The van der Waals surface area contributed by atoms with Crippen molar-refractivity contribution >= 4 is 17.4 Å². The number of halogens is 1. The van der Waals surface area contributed by atoms with E-state index in [-0.39, 0.29) is 5.78 Å². The van der Waals surface area contributed by atoms with Crippen molar-refractivity contribution in [3.05, 3.63) is 69.7 Å². The Morgan fingerprint density at radius 2 is 1.61 bits per heavy atom. The molecule has 2 rings (SSSR count). The van der Waals surface area contributed by atoms with Gasteiger partial charge in [0.1, 0.15) is 0 Å². The molecule has 18 heavy (non-hydrogen) atoms. The van der Waals surface area contributed by atoms with Crippen LogP contribution in [0.2, 0.25) is 5.02 Å². The molecule has 0 saturated carbocycles. The maximum atomic E-state index is 12.2. The number of ketones is 1. The summed E-state index contributed by atoms with van der Waals surface area (Å²) in [5.74, 6) is 0.129. The van der Waals surface area contributed by atoms with Crippen molar-refractivity contribution in [2.24, 2.45) is 0 Å². The normalized spacial score (nSPS) is 10.4. The highest BCUT2D eigenvalue weighted by atomic mass is 35.5. The van der Waals surface area contributed by atoms with E-state index in [1.165, 1.54) is 0 Å². The summed E-state index contributed by atoms with van der Waals surface area (Å²) in [4.78, 5) is 12.2. The molecule has 92 valence electrons. The largest absolute Gasteiger partial charge is 0.294 e. The van der Waals surface area contributed by atoms with Gasteiger partial charge in [-0.25, -0.2) is 0 Å². The molecule has 0 unspecified atom stereocenters. The molecular weight excluding hydrogens is 244 g/mol. The van der Waals surface area contributed by atoms with Crippen molar-refractivity contribution in [1.82, 2.24) is 0 Å². The summed E-state index contributed by atoms with van der Waals surface area (Å²) in [6.45, 7) is 3.85. The lowest BCUT2D eigenvalue weighted by Crippen LogP contribution is -2.04. The van der Waals surface area contributed by atoms with Gasteiger partial charge in [0.2, 0.25) is 0 Å². The minimum atomic E-state index is 0.129. The first-order valence-corrected chi connectivity index (χ1v) is 6.29.